The molecule has 2 fully saturated rings. The molecule has 3 heterocycles. The lowest BCUT2D eigenvalue weighted by atomic mass is 9.97. The molecule has 1 aliphatic heterocycles. The zero-order valence-corrected chi connectivity index (χ0v) is 19.3. The van der Waals surface area contributed by atoms with Crippen molar-refractivity contribution >= 4 is 24.0 Å². The quantitative estimate of drug-likeness (QED) is 0.341. The van der Waals surface area contributed by atoms with Crippen LogP contribution in [0.25, 0.3) is 5.82 Å². The Hall–Kier alpha value is -4.19. The van der Waals surface area contributed by atoms with Gasteiger partial charge in [-0.15, -0.1) is 0 Å². The Kier molecular flexibility index (Phi) is 6.18. The number of pyridine rings is 1. The van der Waals surface area contributed by atoms with Crippen molar-refractivity contribution in [2.45, 2.75) is 43.9 Å². The first-order chi connectivity index (χ1) is 17.5. The summed E-state index contributed by atoms with van der Waals surface area (Å²) in [6.45, 7) is 0.305. The molecule has 1 saturated carbocycles. The molecular weight excluding hydrogens is 467 g/mol. The molecule has 1 spiro atoms. The summed E-state index contributed by atoms with van der Waals surface area (Å²) in [4.78, 5) is 32.8. The largest absolute Gasteiger partial charge is 0.392 e. The summed E-state index contributed by atoms with van der Waals surface area (Å²) >= 11 is 0. The third-order valence-corrected chi connectivity index (χ3v) is 6.81. The predicted molar refractivity (Wildman–Crippen MR) is 130 cm³/mol. The fourth-order valence-corrected chi connectivity index (χ4v) is 4.96. The average molecular weight is 493 g/mol. The smallest absolute Gasteiger partial charge is 0.351 e. The standard InChI is InChI=1S/C24H25FN8O3/c25-17-4-6-21(27-13-17)31-15-29-33(23(31)36)20-12-24(20)7-1-2-10-32(24)22(35)18-11-16(14-34)3-5-19(18)30-28-9-8-26/h3-6,8-9,11,13,15,20,26,30,34H,1-2,7,10,12,14H2/b26-8?,28-9-/t20-,24-/m0/s1. The zero-order valence-electron chi connectivity index (χ0n) is 19.3. The topological polar surface area (TPSA) is 141 Å². The van der Waals surface area contributed by atoms with Gasteiger partial charge >= 0.3 is 5.69 Å². The van der Waals surface area contributed by atoms with Crippen LogP contribution >= 0.6 is 0 Å². The van der Waals surface area contributed by atoms with Gasteiger partial charge in [-0.3, -0.25) is 10.2 Å². The predicted octanol–water partition coefficient (Wildman–Crippen LogP) is 2.12. The normalized spacial score (nSPS) is 21.2. The highest BCUT2D eigenvalue weighted by Gasteiger charge is 2.62. The number of amides is 1. The van der Waals surface area contributed by atoms with Gasteiger partial charge in [0.1, 0.15) is 18.0 Å². The molecule has 1 saturated heterocycles. The number of likely N-dealkylation sites (tertiary alicyclic amines) is 1. The highest BCUT2D eigenvalue weighted by molar-refractivity contribution is 6.14. The van der Waals surface area contributed by atoms with E-state index < -0.39 is 17.0 Å². The molecule has 1 aliphatic carbocycles. The van der Waals surface area contributed by atoms with Gasteiger partial charge in [0.2, 0.25) is 0 Å². The van der Waals surface area contributed by atoms with Crippen LogP contribution in [0.1, 0.15) is 47.6 Å². The Bertz CT molecular complexity index is 1380. The lowest BCUT2D eigenvalue weighted by Crippen LogP contribution is -2.48. The molecule has 0 unspecified atom stereocenters. The fourth-order valence-electron chi connectivity index (χ4n) is 4.96. The molecule has 5 rings (SSSR count). The van der Waals surface area contributed by atoms with Gasteiger partial charge in [-0.05, 0) is 55.5 Å². The molecule has 0 bridgehead atoms. The van der Waals surface area contributed by atoms with Gasteiger partial charge in [0, 0.05) is 12.8 Å². The minimum Gasteiger partial charge on any atom is -0.392 e. The summed E-state index contributed by atoms with van der Waals surface area (Å²) in [5.74, 6) is -0.465. The van der Waals surface area contributed by atoms with E-state index in [1.165, 1.54) is 33.9 Å². The van der Waals surface area contributed by atoms with Crippen molar-refractivity contribution < 1.29 is 14.3 Å². The number of halogens is 1. The first kappa shape index (κ1) is 23.5. The molecule has 11 nitrogen and oxygen atoms in total. The van der Waals surface area contributed by atoms with Crippen molar-refractivity contribution in [3.8, 4) is 5.82 Å². The molecular formula is C24H25FN8O3. The summed E-state index contributed by atoms with van der Waals surface area (Å²) in [5, 5.41) is 25.0. The highest BCUT2D eigenvalue weighted by atomic mass is 19.1. The molecule has 2 aliphatic rings. The van der Waals surface area contributed by atoms with E-state index in [0.717, 1.165) is 31.7 Å². The van der Waals surface area contributed by atoms with E-state index in [1.807, 2.05) is 4.90 Å². The van der Waals surface area contributed by atoms with Crippen LogP contribution in [-0.2, 0) is 6.61 Å². The van der Waals surface area contributed by atoms with Crippen molar-refractivity contribution in [1.82, 2.24) is 24.2 Å². The van der Waals surface area contributed by atoms with Crippen molar-refractivity contribution in [2.75, 3.05) is 12.0 Å². The number of piperidine rings is 1. The second-order valence-electron chi connectivity index (χ2n) is 8.89. The lowest BCUT2D eigenvalue weighted by Gasteiger charge is -2.37. The molecule has 3 aromatic rings. The van der Waals surface area contributed by atoms with Crippen molar-refractivity contribution in [1.29, 1.82) is 5.41 Å². The van der Waals surface area contributed by atoms with E-state index in [4.69, 9.17) is 5.41 Å². The molecule has 1 amide bonds. The summed E-state index contributed by atoms with van der Waals surface area (Å²) in [6.07, 6.45) is 7.73. The number of aliphatic hydroxyl groups excluding tert-OH is 1. The van der Waals surface area contributed by atoms with Gasteiger partial charge in [0.15, 0.2) is 0 Å². The summed E-state index contributed by atoms with van der Waals surface area (Å²) in [5.41, 5.74) is 3.23. The van der Waals surface area contributed by atoms with Crippen molar-refractivity contribution in [3.63, 3.8) is 0 Å². The van der Waals surface area contributed by atoms with E-state index in [9.17, 15) is 19.1 Å². The van der Waals surface area contributed by atoms with Crippen molar-refractivity contribution in [2.24, 2.45) is 5.10 Å². The molecule has 186 valence electrons. The van der Waals surface area contributed by atoms with Crippen LogP contribution in [0.3, 0.4) is 0 Å². The number of benzene rings is 1. The van der Waals surface area contributed by atoms with E-state index >= 15 is 0 Å². The number of hydrazone groups is 1. The SMILES string of the molecule is N=C/C=N\Nc1ccc(CO)cc1C(=O)N1CCCC[C@@]12C[C@@H]2n1ncn(-c2ccc(F)cn2)c1=O. The third kappa shape index (κ3) is 4.09. The van der Waals surface area contributed by atoms with Crippen LogP contribution in [0.5, 0.6) is 0 Å². The zero-order chi connectivity index (χ0) is 25.3. The van der Waals surface area contributed by atoms with E-state index in [0.29, 0.717) is 29.8 Å². The average Bonchev–Trinajstić information content (AvgIpc) is 3.46. The maximum absolute atomic E-state index is 13.8. The summed E-state index contributed by atoms with van der Waals surface area (Å²) < 4.78 is 15.9. The molecule has 3 N–H and O–H groups in total. The maximum atomic E-state index is 13.8. The second-order valence-corrected chi connectivity index (χ2v) is 8.89. The number of hydrogen-bond donors (Lipinski definition) is 3. The first-order valence-electron chi connectivity index (χ1n) is 11.6. The van der Waals surface area contributed by atoms with Crippen molar-refractivity contribution in [3.05, 3.63) is 70.3 Å². The van der Waals surface area contributed by atoms with Gasteiger partial charge in [-0.2, -0.15) is 10.2 Å². The number of anilines is 1. The van der Waals surface area contributed by atoms with Gasteiger partial charge in [0.05, 0.1) is 41.8 Å². The number of carbonyl (C=O) groups is 1. The number of aliphatic hydroxyl groups is 1. The van der Waals surface area contributed by atoms with Crippen LogP contribution in [0.2, 0.25) is 0 Å². The monoisotopic (exact) mass is 492 g/mol. The van der Waals surface area contributed by atoms with Crippen LogP contribution in [0.4, 0.5) is 10.1 Å². The Morgan fingerprint density at radius 3 is 2.94 bits per heavy atom. The minimum absolute atomic E-state index is 0.220. The van der Waals surface area contributed by atoms with E-state index in [-0.39, 0.29) is 24.4 Å². The number of carbonyl (C=O) groups excluding carboxylic acids is 1. The van der Waals surface area contributed by atoms with E-state index in [1.54, 1.807) is 18.2 Å². The van der Waals surface area contributed by atoms with Gasteiger partial charge < -0.3 is 15.4 Å². The fraction of sp³-hybridized carbons (Fsp3) is 0.333. The van der Waals surface area contributed by atoms with Gasteiger partial charge in [-0.25, -0.2) is 23.4 Å². The number of nitrogens with one attached hydrogen (secondary N) is 2. The Balaban J connectivity index is 1.46. The molecule has 36 heavy (non-hydrogen) atoms. The number of hydrogen-bond acceptors (Lipinski definition) is 8. The van der Waals surface area contributed by atoms with Gasteiger partial charge in [-0.1, -0.05) is 6.07 Å². The van der Waals surface area contributed by atoms with Crippen LogP contribution in [0, 0.1) is 11.2 Å². The van der Waals surface area contributed by atoms with Crippen LogP contribution in [-0.4, -0.2) is 59.8 Å². The van der Waals surface area contributed by atoms with Gasteiger partial charge in [0.25, 0.3) is 5.91 Å². The Labute approximate surface area is 205 Å². The Morgan fingerprint density at radius 1 is 1.33 bits per heavy atom. The number of aromatic nitrogens is 4. The molecule has 2 aromatic heterocycles. The van der Waals surface area contributed by atoms with Crippen LogP contribution in [0.15, 0.2) is 52.8 Å². The third-order valence-electron chi connectivity index (χ3n) is 6.81. The Morgan fingerprint density at radius 2 is 2.19 bits per heavy atom. The highest BCUT2D eigenvalue weighted by Crippen LogP contribution is 2.57. The minimum atomic E-state index is -0.556. The molecule has 12 heteroatoms. The number of nitrogens with zero attached hydrogens (tertiary/aromatic N) is 6. The lowest BCUT2D eigenvalue weighted by molar-refractivity contribution is 0.0543. The van der Waals surface area contributed by atoms with Crippen LogP contribution < -0.4 is 11.1 Å². The first-order valence-corrected chi connectivity index (χ1v) is 11.6. The van der Waals surface area contributed by atoms with E-state index in [2.05, 4.69) is 20.6 Å². The summed E-state index contributed by atoms with van der Waals surface area (Å²) in [6, 6.07) is 7.33. The molecule has 2 atom stereocenters. The maximum Gasteiger partial charge on any atom is 0.351 e. The molecule has 1 aromatic carbocycles. The summed E-state index contributed by atoms with van der Waals surface area (Å²) in [7, 11) is 0. The number of rotatable bonds is 7. The second kappa shape index (κ2) is 9.46. The molecule has 0 radical (unpaired) electrons.